The molecular formula is C14H22N2O5S2. The Balaban J connectivity index is 2.31. The molecule has 1 fully saturated rings. The second kappa shape index (κ2) is 8.02. The highest BCUT2D eigenvalue weighted by molar-refractivity contribution is 8.02. The standard InChI is InChI=1S/C14H22N2O5S2/c1-10(2)14(3,9-15)16-12(17)6-21-13(18)7-22-11-4-5-23(19,20)8-11/h10-11H,4-8H2,1-3H3,(H,16,17)/t11-,14-/m0/s1. The Morgan fingerprint density at radius 3 is 2.61 bits per heavy atom. The molecular weight excluding hydrogens is 340 g/mol. The Bertz CT molecular complexity index is 597. The fraction of sp³-hybridized carbons (Fsp3) is 0.786. The predicted octanol–water partition coefficient (Wildman–Crippen LogP) is 0.504. The average Bonchev–Trinajstić information content (AvgIpc) is 2.82. The largest absolute Gasteiger partial charge is 0.455 e. The van der Waals surface area contributed by atoms with Crippen LogP contribution in [0.1, 0.15) is 27.2 Å². The van der Waals surface area contributed by atoms with Gasteiger partial charge < -0.3 is 10.1 Å². The first-order valence-electron chi connectivity index (χ1n) is 7.28. The molecule has 0 aromatic heterocycles. The SMILES string of the molecule is CC(C)[C@](C)(C#N)NC(=O)COC(=O)CS[C@H]1CCS(=O)(=O)C1. The van der Waals surface area contributed by atoms with Crippen LogP contribution < -0.4 is 5.32 Å². The number of nitrogens with one attached hydrogen (secondary N) is 1. The van der Waals surface area contributed by atoms with Gasteiger partial charge in [-0.1, -0.05) is 13.8 Å². The maximum Gasteiger partial charge on any atom is 0.316 e. The van der Waals surface area contributed by atoms with Gasteiger partial charge in [-0.25, -0.2) is 8.42 Å². The first-order valence-corrected chi connectivity index (χ1v) is 10.1. The molecule has 130 valence electrons. The van der Waals surface area contributed by atoms with Crippen molar-refractivity contribution < 1.29 is 22.7 Å². The monoisotopic (exact) mass is 362 g/mol. The second-order valence-electron chi connectivity index (χ2n) is 6.01. The van der Waals surface area contributed by atoms with E-state index in [1.807, 2.05) is 19.9 Å². The van der Waals surface area contributed by atoms with Gasteiger partial charge in [-0.2, -0.15) is 5.26 Å². The van der Waals surface area contributed by atoms with Crippen molar-refractivity contribution in [1.82, 2.24) is 5.32 Å². The van der Waals surface area contributed by atoms with Gasteiger partial charge >= 0.3 is 5.97 Å². The molecule has 7 nitrogen and oxygen atoms in total. The van der Waals surface area contributed by atoms with Crippen LogP contribution in [-0.4, -0.2) is 54.9 Å². The third kappa shape index (κ3) is 6.39. The van der Waals surface area contributed by atoms with Crippen molar-refractivity contribution in [2.24, 2.45) is 5.92 Å². The summed E-state index contributed by atoms with van der Waals surface area (Å²) in [5, 5.41) is 11.6. The lowest BCUT2D eigenvalue weighted by atomic mass is 9.90. The minimum atomic E-state index is -2.97. The Morgan fingerprint density at radius 2 is 2.13 bits per heavy atom. The Morgan fingerprint density at radius 1 is 1.48 bits per heavy atom. The van der Waals surface area contributed by atoms with Crippen LogP contribution in [0, 0.1) is 17.2 Å². The lowest BCUT2D eigenvalue weighted by molar-refractivity contribution is -0.146. The quantitative estimate of drug-likeness (QED) is 0.656. The van der Waals surface area contributed by atoms with Gasteiger partial charge in [-0.3, -0.25) is 9.59 Å². The summed E-state index contributed by atoms with van der Waals surface area (Å²) < 4.78 is 27.5. The molecule has 0 aliphatic carbocycles. The number of thioether (sulfide) groups is 1. The van der Waals surface area contributed by atoms with E-state index in [9.17, 15) is 18.0 Å². The van der Waals surface area contributed by atoms with Gasteiger partial charge in [0.1, 0.15) is 5.54 Å². The number of esters is 1. The van der Waals surface area contributed by atoms with E-state index in [1.165, 1.54) is 11.8 Å². The van der Waals surface area contributed by atoms with E-state index in [0.29, 0.717) is 6.42 Å². The molecule has 1 heterocycles. The number of nitrogens with zero attached hydrogens (tertiary/aromatic N) is 1. The number of rotatable bonds is 7. The summed E-state index contributed by atoms with van der Waals surface area (Å²) in [5.41, 5.74) is -1.02. The van der Waals surface area contributed by atoms with E-state index < -0.39 is 33.9 Å². The van der Waals surface area contributed by atoms with Gasteiger partial charge in [0.25, 0.3) is 5.91 Å². The van der Waals surface area contributed by atoms with Gasteiger partial charge in [0.05, 0.1) is 23.3 Å². The molecule has 1 rings (SSSR count). The Hall–Kier alpha value is -1.27. The zero-order valence-electron chi connectivity index (χ0n) is 13.5. The molecule has 1 saturated heterocycles. The zero-order chi connectivity index (χ0) is 17.7. The lowest BCUT2D eigenvalue weighted by Gasteiger charge is -2.27. The molecule has 0 aromatic carbocycles. The minimum absolute atomic E-state index is 0.00711. The molecule has 0 aromatic rings. The molecule has 0 spiro atoms. The maximum atomic E-state index is 11.7. The Kier molecular flexibility index (Phi) is 6.89. The fourth-order valence-corrected chi connectivity index (χ4v) is 5.33. The summed E-state index contributed by atoms with van der Waals surface area (Å²) >= 11 is 1.23. The zero-order valence-corrected chi connectivity index (χ0v) is 15.1. The number of carbonyl (C=O) groups excluding carboxylic acids is 2. The molecule has 1 N–H and O–H groups in total. The van der Waals surface area contributed by atoms with Gasteiger partial charge in [0.15, 0.2) is 16.4 Å². The van der Waals surface area contributed by atoms with Crippen LogP contribution in [-0.2, 0) is 24.2 Å². The Labute approximate surface area is 141 Å². The first kappa shape index (κ1) is 19.8. The number of hydrogen-bond acceptors (Lipinski definition) is 7. The molecule has 1 amide bonds. The number of amides is 1. The van der Waals surface area contributed by atoms with Gasteiger partial charge in [-0.05, 0) is 19.3 Å². The number of ether oxygens (including phenoxy) is 1. The van der Waals surface area contributed by atoms with Crippen LogP contribution in [0.3, 0.4) is 0 Å². The molecule has 1 aliphatic heterocycles. The number of nitriles is 1. The smallest absolute Gasteiger partial charge is 0.316 e. The highest BCUT2D eigenvalue weighted by Gasteiger charge is 2.31. The molecule has 0 bridgehead atoms. The molecule has 0 saturated carbocycles. The lowest BCUT2D eigenvalue weighted by Crippen LogP contribution is -2.50. The molecule has 9 heteroatoms. The van der Waals surface area contributed by atoms with Gasteiger partial charge in [-0.15, -0.1) is 11.8 Å². The molecule has 0 radical (unpaired) electrons. The summed E-state index contributed by atoms with van der Waals surface area (Å²) in [6.07, 6.45) is 0.537. The van der Waals surface area contributed by atoms with Crippen LogP contribution in [0.2, 0.25) is 0 Å². The first-order chi connectivity index (χ1) is 10.6. The normalized spacial score (nSPS) is 22.1. The van der Waals surface area contributed by atoms with Crippen molar-refractivity contribution in [1.29, 1.82) is 5.26 Å². The summed E-state index contributed by atoms with van der Waals surface area (Å²) in [6.45, 7) is 4.77. The third-order valence-electron chi connectivity index (χ3n) is 3.78. The molecule has 0 unspecified atom stereocenters. The molecule has 2 atom stereocenters. The van der Waals surface area contributed by atoms with E-state index in [4.69, 9.17) is 10.00 Å². The number of hydrogen-bond donors (Lipinski definition) is 1. The minimum Gasteiger partial charge on any atom is -0.455 e. The topological polar surface area (TPSA) is 113 Å². The molecule has 23 heavy (non-hydrogen) atoms. The van der Waals surface area contributed by atoms with E-state index in [0.717, 1.165) is 0 Å². The average molecular weight is 362 g/mol. The van der Waals surface area contributed by atoms with Crippen molar-refractivity contribution in [3.63, 3.8) is 0 Å². The van der Waals surface area contributed by atoms with Crippen molar-refractivity contribution >= 4 is 33.5 Å². The van der Waals surface area contributed by atoms with E-state index >= 15 is 0 Å². The summed E-state index contributed by atoms with van der Waals surface area (Å²) in [5.74, 6) is -0.952. The van der Waals surface area contributed by atoms with Gasteiger partial charge in [0, 0.05) is 5.25 Å². The van der Waals surface area contributed by atoms with Crippen LogP contribution in [0.15, 0.2) is 0 Å². The van der Waals surface area contributed by atoms with Crippen molar-refractivity contribution in [3.05, 3.63) is 0 Å². The van der Waals surface area contributed by atoms with Crippen LogP contribution in [0.5, 0.6) is 0 Å². The van der Waals surface area contributed by atoms with Crippen LogP contribution in [0.25, 0.3) is 0 Å². The third-order valence-corrected chi connectivity index (χ3v) is 7.03. The number of carbonyl (C=O) groups is 2. The highest BCUT2D eigenvalue weighted by Crippen LogP contribution is 2.24. The predicted molar refractivity (Wildman–Crippen MR) is 87.5 cm³/mol. The second-order valence-corrected chi connectivity index (χ2v) is 9.53. The summed E-state index contributed by atoms with van der Waals surface area (Å²) in [6, 6.07) is 2.03. The highest BCUT2D eigenvalue weighted by atomic mass is 32.2. The van der Waals surface area contributed by atoms with Crippen molar-refractivity contribution in [2.45, 2.75) is 38.0 Å². The summed E-state index contributed by atoms with van der Waals surface area (Å²) in [4.78, 5) is 23.3. The van der Waals surface area contributed by atoms with E-state index in [2.05, 4.69) is 5.32 Å². The van der Waals surface area contributed by atoms with E-state index in [1.54, 1.807) is 6.92 Å². The van der Waals surface area contributed by atoms with E-state index in [-0.39, 0.29) is 28.4 Å². The van der Waals surface area contributed by atoms with Crippen molar-refractivity contribution in [2.75, 3.05) is 23.9 Å². The summed E-state index contributed by atoms with van der Waals surface area (Å²) in [7, 11) is -2.97. The van der Waals surface area contributed by atoms with Crippen LogP contribution >= 0.6 is 11.8 Å². The molecule has 1 aliphatic rings. The van der Waals surface area contributed by atoms with Crippen LogP contribution in [0.4, 0.5) is 0 Å². The number of sulfone groups is 1. The fourth-order valence-electron chi connectivity index (χ4n) is 1.89. The maximum absolute atomic E-state index is 11.7. The van der Waals surface area contributed by atoms with Crippen molar-refractivity contribution in [3.8, 4) is 6.07 Å². The van der Waals surface area contributed by atoms with Gasteiger partial charge in [0.2, 0.25) is 0 Å².